The molecular weight excluding hydrogens is 358 g/mol. The molecule has 0 saturated heterocycles. The van der Waals surface area contributed by atoms with Gasteiger partial charge in [0.25, 0.3) is 0 Å². The Morgan fingerprint density at radius 1 is 0.889 bits per heavy atom. The predicted octanol–water partition coefficient (Wildman–Crippen LogP) is 5.05. The monoisotopic (exact) mass is 375 g/mol. The molecule has 0 unspecified atom stereocenters. The molecule has 4 heteroatoms. The molecule has 3 aromatic carbocycles. The number of nitrogens with one attached hydrogen (secondary N) is 1. The zero-order valence-electron chi connectivity index (χ0n) is 14.6. The molecule has 0 bridgehead atoms. The Morgan fingerprint density at radius 2 is 1.56 bits per heavy atom. The maximum absolute atomic E-state index is 13.1. The lowest BCUT2D eigenvalue weighted by atomic mass is 9.72. The van der Waals surface area contributed by atoms with Gasteiger partial charge in [0, 0.05) is 17.7 Å². The first-order valence-corrected chi connectivity index (χ1v) is 9.20. The van der Waals surface area contributed by atoms with Gasteiger partial charge in [0.2, 0.25) is 5.91 Å². The van der Waals surface area contributed by atoms with Gasteiger partial charge in [-0.3, -0.25) is 9.59 Å². The van der Waals surface area contributed by atoms with Gasteiger partial charge in [0.05, 0.1) is 10.4 Å². The first-order chi connectivity index (χ1) is 13.1. The minimum Gasteiger partial charge on any atom is -0.325 e. The van der Waals surface area contributed by atoms with Crippen LogP contribution in [0.4, 0.5) is 5.69 Å². The quantitative estimate of drug-likeness (QED) is 0.634. The summed E-state index contributed by atoms with van der Waals surface area (Å²) in [7, 11) is 0. The maximum Gasteiger partial charge on any atom is 0.235 e. The van der Waals surface area contributed by atoms with Crippen LogP contribution in [0.25, 0.3) is 0 Å². The Balaban J connectivity index is 1.79. The van der Waals surface area contributed by atoms with E-state index in [0.29, 0.717) is 17.0 Å². The first kappa shape index (κ1) is 17.5. The van der Waals surface area contributed by atoms with E-state index in [2.05, 4.69) is 5.32 Å². The summed E-state index contributed by atoms with van der Waals surface area (Å²) in [6.07, 6.45) is 0.515. The number of benzene rings is 3. The summed E-state index contributed by atoms with van der Waals surface area (Å²) in [6.45, 7) is 0. The van der Waals surface area contributed by atoms with Gasteiger partial charge in [0.15, 0.2) is 5.78 Å². The van der Waals surface area contributed by atoms with Crippen LogP contribution < -0.4 is 5.32 Å². The van der Waals surface area contributed by atoms with Gasteiger partial charge in [-0.1, -0.05) is 72.3 Å². The van der Waals surface area contributed by atoms with Crippen LogP contribution in [0.15, 0.2) is 78.9 Å². The topological polar surface area (TPSA) is 46.2 Å². The number of hydrogen-bond acceptors (Lipinski definition) is 2. The minimum absolute atomic E-state index is 0.0640. The highest BCUT2D eigenvalue weighted by Gasteiger charge is 2.48. The van der Waals surface area contributed by atoms with Crippen LogP contribution in [0.5, 0.6) is 0 Å². The molecule has 0 spiro atoms. The van der Waals surface area contributed by atoms with Crippen molar-refractivity contribution in [2.24, 2.45) is 0 Å². The molecule has 0 saturated carbocycles. The van der Waals surface area contributed by atoms with Crippen molar-refractivity contribution in [1.82, 2.24) is 0 Å². The molecule has 1 amide bonds. The Bertz CT molecular complexity index is 1020. The fourth-order valence-corrected chi connectivity index (χ4v) is 4.03. The predicted molar refractivity (Wildman–Crippen MR) is 107 cm³/mol. The number of Topliss-reactive ketones (excluding diaryl/α,β-unsaturated/α-hetero) is 1. The smallest absolute Gasteiger partial charge is 0.235 e. The number of anilines is 1. The molecule has 1 aliphatic heterocycles. The lowest BCUT2D eigenvalue weighted by Crippen LogP contribution is -2.39. The maximum atomic E-state index is 13.1. The summed E-state index contributed by atoms with van der Waals surface area (Å²) >= 11 is 6.23. The number of hydrogen-bond donors (Lipinski definition) is 1. The van der Waals surface area contributed by atoms with Gasteiger partial charge in [-0.05, 0) is 35.7 Å². The largest absolute Gasteiger partial charge is 0.325 e. The van der Waals surface area contributed by atoms with Crippen molar-refractivity contribution in [2.45, 2.75) is 18.3 Å². The Hall–Kier alpha value is -2.91. The highest BCUT2D eigenvalue weighted by atomic mass is 35.5. The lowest BCUT2D eigenvalue weighted by molar-refractivity contribution is -0.120. The third-order valence-electron chi connectivity index (χ3n) is 5.11. The number of carbonyl (C=O) groups excluding carboxylic acids is 2. The van der Waals surface area contributed by atoms with E-state index in [0.717, 1.165) is 16.8 Å². The van der Waals surface area contributed by atoms with Crippen LogP contribution >= 0.6 is 11.6 Å². The number of carbonyl (C=O) groups is 2. The van der Waals surface area contributed by atoms with E-state index in [1.165, 1.54) is 0 Å². The molecule has 27 heavy (non-hydrogen) atoms. The van der Waals surface area contributed by atoms with Crippen molar-refractivity contribution in [1.29, 1.82) is 0 Å². The van der Waals surface area contributed by atoms with Crippen molar-refractivity contribution in [3.8, 4) is 0 Å². The fraction of sp³-hybridized carbons (Fsp3) is 0.130. The average molecular weight is 376 g/mol. The number of halogens is 1. The summed E-state index contributed by atoms with van der Waals surface area (Å²) in [5.41, 5.74) is 2.14. The Kier molecular flexibility index (Phi) is 4.54. The van der Waals surface area contributed by atoms with E-state index in [-0.39, 0.29) is 18.1 Å². The summed E-state index contributed by atoms with van der Waals surface area (Å²) in [5, 5.41) is 3.36. The Morgan fingerprint density at radius 3 is 2.33 bits per heavy atom. The lowest BCUT2D eigenvalue weighted by Gasteiger charge is -2.27. The number of ketones is 1. The molecule has 1 atom stereocenters. The SMILES string of the molecule is O=C(C[C@]1(Cc2ccccc2)C(=O)Nc2ccccc21)c1ccccc1Cl. The van der Waals surface area contributed by atoms with E-state index in [1.54, 1.807) is 24.3 Å². The van der Waals surface area contributed by atoms with Crippen molar-refractivity contribution in [2.75, 3.05) is 5.32 Å². The molecule has 3 nitrogen and oxygen atoms in total. The fourth-order valence-electron chi connectivity index (χ4n) is 3.79. The number of para-hydroxylation sites is 1. The van der Waals surface area contributed by atoms with Crippen molar-refractivity contribution >= 4 is 29.0 Å². The Labute approximate surface area is 163 Å². The van der Waals surface area contributed by atoms with Gasteiger partial charge < -0.3 is 5.32 Å². The second-order valence-corrected chi connectivity index (χ2v) is 7.23. The third-order valence-corrected chi connectivity index (χ3v) is 5.44. The van der Waals surface area contributed by atoms with Crippen molar-refractivity contribution in [3.05, 3.63) is 101 Å². The first-order valence-electron chi connectivity index (χ1n) is 8.83. The highest BCUT2D eigenvalue weighted by Crippen LogP contribution is 2.43. The molecular formula is C23H18ClNO2. The average Bonchev–Trinajstić information content (AvgIpc) is 2.94. The summed E-state index contributed by atoms with van der Waals surface area (Å²) < 4.78 is 0. The summed E-state index contributed by atoms with van der Waals surface area (Å²) in [4.78, 5) is 26.2. The molecule has 4 rings (SSSR count). The van der Waals surface area contributed by atoms with Gasteiger partial charge in [-0.15, -0.1) is 0 Å². The van der Waals surface area contributed by atoms with Crippen LogP contribution in [0.1, 0.15) is 27.9 Å². The number of fused-ring (bicyclic) bond motifs is 1. The molecule has 0 aliphatic carbocycles. The normalized spacial score (nSPS) is 18.0. The van der Waals surface area contributed by atoms with E-state index < -0.39 is 5.41 Å². The van der Waals surface area contributed by atoms with Crippen molar-refractivity contribution < 1.29 is 9.59 Å². The number of amides is 1. The standard InChI is InChI=1S/C23H18ClNO2/c24-19-12-6-4-10-17(19)21(26)15-23(14-16-8-2-1-3-9-16)18-11-5-7-13-20(18)25-22(23)27/h1-13H,14-15H2,(H,25,27)/t23-/m0/s1. The second kappa shape index (κ2) is 7.01. The van der Waals surface area contributed by atoms with E-state index >= 15 is 0 Å². The van der Waals surface area contributed by atoms with E-state index in [9.17, 15) is 9.59 Å². The molecule has 0 radical (unpaired) electrons. The molecule has 134 valence electrons. The highest BCUT2D eigenvalue weighted by molar-refractivity contribution is 6.34. The molecule has 1 heterocycles. The van der Waals surface area contributed by atoms with Crippen LogP contribution in [0.2, 0.25) is 5.02 Å². The second-order valence-electron chi connectivity index (χ2n) is 6.82. The molecule has 1 N–H and O–H groups in total. The van der Waals surface area contributed by atoms with E-state index in [1.807, 2.05) is 54.6 Å². The molecule has 1 aliphatic rings. The van der Waals surface area contributed by atoms with E-state index in [4.69, 9.17) is 11.6 Å². The van der Waals surface area contributed by atoms with Gasteiger partial charge in [-0.2, -0.15) is 0 Å². The molecule has 3 aromatic rings. The summed E-state index contributed by atoms with van der Waals surface area (Å²) in [5.74, 6) is -0.281. The van der Waals surface area contributed by atoms with Crippen molar-refractivity contribution in [3.63, 3.8) is 0 Å². The zero-order chi connectivity index (χ0) is 18.9. The van der Waals surface area contributed by atoms with Crippen LogP contribution in [-0.2, 0) is 16.6 Å². The van der Waals surface area contributed by atoms with Gasteiger partial charge in [-0.25, -0.2) is 0 Å². The van der Waals surface area contributed by atoms with Crippen LogP contribution in [0, 0.1) is 0 Å². The van der Waals surface area contributed by atoms with Crippen LogP contribution in [-0.4, -0.2) is 11.7 Å². The minimum atomic E-state index is -0.950. The number of rotatable bonds is 5. The zero-order valence-corrected chi connectivity index (χ0v) is 15.4. The summed E-state index contributed by atoms with van der Waals surface area (Å²) in [6, 6.07) is 24.3. The van der Waals surface area contributed by atoms with Gasteiger partial charge >= 0.3 is 0 Å². The van der Waals surface area contributed by atoms with Gasteiger partial charge in [0.1, 0.15) is 0 Å². The molecule has 0 fully saturated rings. The molecule has 0 aromatic heterocycles. The van der Waals surface area contributed by atoms with Crippen LogP contribution in [0.3, 0.4) is 0 Å². The third kappa shape index (κ3) is 3.15.